The number of nitrogens with one attached hydrogen (secondary N) is 1. The van der Waals surface area contributed by atoms with Crippen LogP contribution in [0.5, 0.6) is 11.5 Å². The van der Waals surface area contributed by atoms with Gasteiger partial charge >= 0.3 is 0 Å². The molecule has 5 nitrogen and oxygen atoms in total. The molecule has 0 saturated heterocycles. The molecule has 0 spiro atoms. The van der Waals surface area contributed by atoms with Crippen molar-refractivity contribution in [3.05, 3.63) is 47.0 Å². The van der Waals surface area contributed by atoms with Crippen molar-refractivity contribution in [2.75, 3.05) is 18.2 Å². The van der Waals surface area contributed by atoms with Gasteiger partial charge in [0.1, 0.15) is 11.5 Å². The van der Waals surface area contributed by atoms with E-state index in [0.717, 1.165) is 11.1 Å². The topological polar surface area (TPSA) is 84.6 Å². The number of nitrogens with two attached hydrogens (primary N) is 1. The second kappa shape index (κ2) is 7.14. The maximum absolute atomic E-state index is 12.9. The molecule has 5 heteroatoms. The summed E-state index contributed by atoms with van der Waals surface area (Å²) in [7, 11) is 1.56. The fraction of sp³-hybridized carbons (Fsp3) is 0.409. The Morgan fingerprint density at radius 2 is 1.52 bits per heavy atom. The minimum atomic E-state index is -0.306. The normalized spacial score (nSPS) is 12.0. The molecule has 2 rings (SSSR count). The number of hydrogen-bond acceptors (Lipinski definition) is 4. The summed E-state index contributed by atoms with van der Waals surface area (Å²) < 4.78 is 5.14. The van der Waals surface area contributed by atoms with E-state index in [1.165, 1.54) is 0 Å². The third-order valence-corrected chi connectivity index (χ3v) is 4.50. The van der Waals surface area contributed by atoms with E-state index in [9.17, 15) is 9.90 Å². The van der Waals surface area contributed by atoms with Gasteiger partial charge in [0.2, 0.25) is 0 Å². The molecule has 0 aliphatic rings. The largest absolute Gasteiger partial charge is 0.507 e. The first-order valence-corrected chi connectivity index (χ1v) is 8.97. The molecule has 146 valence electrons. The number of carbonyl (C=O) groups excluding carboxylic acids is 1. The number of anilines is 2. The van der Waals surface area contributed by atoms with Gasteiger partial charge in [-0.25, -0.2) is 0 Å². The number of rotatable bonds is 3. The van der Waals surface area contributed by atoms with Crippen molar-refractivity contribution in [2.24, 2.45) is 0 Å². The Balaban J connectivity index is 2.50. The SMILES string of the molecule is COc1ccc(NC(=O)c2cc(C(C)(C)C)c(O)c(C(C)(C)C)c2)c(N)c1. The van der Waals surface area contributed by atoms with Gasteiger partial charge in [0.15, 0.2) is 0 Å². The quantitative estimate of drug-likeness (QED) is 0.676. The maximum atomic E-state index is 12.9. The zero-order valence-electron chi connectivity index (χ0n) is 17.2. The number of nitrogen functional groups attached to an aromatic ring is 1. The Bertz CT molecular complexity index is 824. The van der Waals surface area contributed by atoms with Crippen LogP contribution in [-0.4, -0.2) is 18.1 Å². The van der Waals surface area contributed by atoms with Crippen molar-refractivity contribution in [3.63, 3.8) is 0 Å². The zero-order chi connectivity index (χ0) is 20.6. The molecule has 0 aliphatic heterocycles. The summed E-state index contributed by atoms with van der Waals surface area (Å²) >= 11 is 0. The predicted octanol–water partition coefficient (Wildman–Crippen LogP) is 4.83. The van der Waals surface area contributed by atoms with Crippen molar-refractivity contribution >= 4 is 17.3 Å². The molecule has 0 aromatic heterocycles. The molecule has 2 aromatic carbocycles. The summed E-state index contributed by atoms with van der Waals surface area (Å²) in [4.78, 5) is 12.9. The Morgan fingerprint density at radius 1 is 1.00 bits per heavy atom. The van der Waals surface area contributed by atoms with Crippen molar-refractivity contribution in [1.82, 2.24) is 0 Å². The Hall–Kier alpha value is -2.69. The van der Waals surface area contributed by atoms with E-state index in [2.05, 4.69) is 5.32 Å². The lowest BCUT2D eigenvalue weighted by Crippen LogP contribution is -2.21. The molecule has 0 fully saturated rings. The van der Waals surface area contributed by atoms with E-state index < -0.39 is 0 Å². The molecule has 2 aromatic rings. The van der Waals surface area contributed by atoms with Crippen LogP contribution in [0.4, 0.5) is 11.4 Å². The molecule has 0 unspecified atom stereocenters. The van der Waals surface area contributed by atoms with Gasteiger partial charge in [-0.3, -0.25) is 4.79 Å². The Morgan fingerprint density at radius 3 is 1.93 bits per heavy atom. The first-order chi connectivity index (χ1) is 12.3. The monoisotopic (exact) mass is 370 g/mol. The predicted molar refractivity (Wildman–Crippen MR) is 111 cm³/mol. The lowest BCUT2D eigenvalue weighted by molar-refractivity contribution is 0.102. The van der Waals surface area contributed by atoms with Crippen LogP contribution in [0.1, 0.15) is 63.0 Å². The van der Waals surface area contributed by atoms with Gasteiger partial charge in [0, 0.05) is 22.8 Å². The Labute approximate surface area is 161 Å². The smallest absolute Gasteiger partial charge is 0.255 e. The number of aromatic hydroxyl groups is 1. The second-order valence-electron chi connectivity index (χ2n) is 8.83. The van der Waals surface area contributed by atoms with E-state index >= 15 is 0 Å². The minimum absolute atomic E-state index is 0.246. The van der Waals surface area contributed by atoms with E-state index in [-0.39, 0.29) is 22.5 Å². The van der Waals surface area contributed by atoms with Gasteiger partial charge in [-0.05, 0) is 35.1 Å². The zero-order valence-corrected chi connectivity index (χ0v) is 17.2. The molecule has 0 bridgehead atoms. The lowest BCUT2D eigenvalue weighted by atomic mass is 9.78. The van der Waals surface area contributed by atoms with Crippen LogP contribution in [0.2, 0.25) is 0 Å². The third kappa shape index (κ3) is 4.54. The van der Waals surface area contributed by atoms with Crippen LogP contribution >= 0.6 is 0 Å². The number of ether oxygens (including phenoxy) is 1. The van der Waals surface area contributed by atoms with E-state index in [1.54, 1.807) is 37.4 Å². The molecule has 1 amide bonds. The summed E-state index contributed by atoms with van der Waals surface area (Å²) in [5.74, 6) is 0.596. The van der Waals surface area contributed by atoms with Gasteiger partial charge in [0.05, 0.1) is 18.5 Å². The fourth-order valence-electron chi connectivity index (χ4n) is 2.89. The highest BCUT2D eigenvalue weighted by molar-refractivity contribution is 6.06. The highest BCUT2D eigenvalue weighted by Gasteiger charge is 2.28. The van der Waals surface area contributed by atoms with Gasteiger partial charge in [-0.15, -0.1) is 0 Å². The van der Waals surface area contributed by atoms with E-state index in [4.69, 9.17) is 10.5 Å². The van der Waals surface area contributed by atoms with Crippen molar-refractivity contribution in [1.29, 1.82) is 0 Å². The third-order valence-electron chi connectivity index (χ3n) is 4.50. The Kier molecular flexibility index (Phi) is 5.45. The molecule has 0 saturated carbocycles. The van der Waals surface area contributed by atoms with Gasteiger partial charge in [-0.2, -0.15) is 0 Å². The van der Waals surface area contributed by atoms with Crippen LogP contribution < -0.4 is 15.8 Å². The average molecular weight is 370 g/mol. The summed E-state index contributed by atoms with van der Waals surface area (Å²) in [6.45, 7) is 12.1. The van der Waals surface area contributed by atoms with Crippen molar-refractivity contribution in [3.8, 4) is 11.5 Å². The number of hydrogen-bond donors (Lipinski definition) is 3. The molecule has 27 heavy (non-hydrogen) atoms. The molecule has 4 N–H and O–H groups in total. The molecular formula is C22H30N2O3. The second-order valence-corrected chi connectivity index (χ2v) is 8.83. The minimum Gasteiger partial charge on any atom is -0.507 e. The van der Waals surface area contributed by atoms with Crippen LogP contribution in [0, 0.1) is 0 Å². The summed E-state index contributed by atoms with van der Waals surface area (Å²) in [6, 6.07) is 8.61. The highest BCUT2D eigenvalue weighted by Crippen LogP contribution is 2.40. The van der Waals surface area contributed by atoms with Gasteiger partial charge in [0.25, 0.3) is 5.91 Å². The summed E-state index contributed by atoms with van der Waals surface area (Å²) in [5, 5.41) is 13.6. The maximum Gasteiger partial charge on any atom is 0.255 e. The molecule has 0 heterocycles. The lowest BCUT2D eigenvalue weighted by Gasteiger charge is -2.28. The number of benzene rings is 2. The summed E-state index contributed by atoms with van der Waals surface area (Å²) in [5.41, 5.74) is 8.30. The van der Waals surface area contributed by atoms with Crippen LogP contribution in [0.25, 0.3) is 0 Å². The van der Waals surface area contributed by atoms with Crippen LogP contribution in [0.3, 0.4) is 0 Å². The number of methoxy groups -OCH3 is 1. The molecule has 0 aliphatic carbocycles. The molecular weight excluding hydrogens is 340 g/mol. The van der Waals surface area contributed by atoms with E-state index in [1.807, 2.05) is 41.5 Å². The van der Waals surface area contributed by atoms with Gasteiger partial charge in [-0.1, -0.05) is 41.5 Å². The summed E-state index contributed by atoms with van der Waals surface area (Å²) in [6.07, 6.45) is 0. The first-order valence-electron chi connectivity index (χ1n) is 8.97. The van der Waals surface area contributed by atoms with Crippen LogP contribution in [0.15, 0.2) is 30.3 Å². The van der Waals surface area contributed by atoms with Crippen molar-refractivity contribution < 1.29 is 14.6 Å². The molecule has 0 atom stereocenters. The number of amides is 1. The fourth-order valence-corrected chi connectivity index (χ4v) is 2.89. The number of phenolic OH excluding ortho intramolecular Hbond substituents is 1. The highest BCUT2D eigenvalue weighted by atomic mass is 16.5. The van der Waals surface area contributed by atoms with Gasteiger partial charge < -0.3 is 20.9 Å². The number of carbonyl (C=O) groups is 1. The first kappa shape index (κ1) is 20.6. The van der Waals surface area contributed by atoms with Crippen LogP contribution in [-0.2, 0) is 10.8 Å². The average Bonchev–Trinajstić information content (AvgIpc) is 2.54. The molecule has 0 radical (unpaired) electrons. The number of phenols is 1. The van der Waals surface area contributed by atoms with Crippen molar-refractivity contribution in [2.45, 2.75) is 52.4 Å². The standard InChI is InChI=1S/C22H30N2O3/c1-21(2,3)15-10-13(11-16(19(15)25)22(4,5)6)20(26)24-18-9-8-14(27-7)12-17(18)23/h8-12,25H,23H2,1-7H3,(H,24,26). The van der Waals surface area contributed by atoms with E-state index in [0.29, 0.717) is 22.7 Å².